The third-order valence-corrected chi connectivity index (χ3v) is 3.92. The highest BCUT2D eigenvalue weighted by atomic mass is 16.5. The Bertz CT molecular complexity index is 438. The summed E-state index contributed by atoms with van der Waals surface area (Å²) in [5.41, 5.74) is 0.126. The van der Waals surface area contributed by atoms with E-state index in [-0.39, 0.29) is 5.54 Å². The van der Waals surface area contributed by atoms with Crippen LogP contribution in [0.3, 0.4) is 0 Å². The smallest absolute Gasteiger partial charge is 0.227 e. The molecule has 106 valence electrons. The second-order valence-corrected chi connectivity index (χ2v) is 6.69. The summed E-state index contributed by atoms with van der Waals surface area (Å²) in [4.78, 5) is 4.53. The molecule has 5 nitrogen and oxygen atoms in total. The third kappa shape index (κ3) is 2.98. The number of ether oxygens (including phenoxy) is 1. The van der Waals surface area contributed by atoms with Crippen molar-refractivity contribution in [3.8, 4) is 0 Å². The predicted molar refractivity (Wildman–Crippen MR) is 71.0 cm³/mol. The summed E-state index contributed by atoms with van der Waals surface area (Å²) in [6, 6.07) is 0. The van der Waals surface area contributed by atoms with Crippen LogP contribution in [0, 0.1) is 0 Å². The molecule has 2 saturated heterocycles. The van der Waals surface area contributed by atoms with Gasteiger partial charge in [-0.2, -0.15) is 4.98 Å². The molecule has 2 aliphatic rings. The van der Waals surface area contributed by atoms with Crippen LogP contribution >= 0.6 is 0 Å². The van der Waals surface area contributed by atoms with Crippen molar-refractivity contribution >= 4 is 0 Å². The number of hydrogen-bond donors (Lipinski definition) is 1. The molecule has 5 heteroatoms. The quantitative estimate of drug-likeness (QED) is 0.902. The molecule has 3 heterocycles. The summed E-state index contributed by atoms with van der Waals surface area (Å²) in [6.07, 6.45) is 4.93. The van der Waals surface area contributed by atoms with Gasteiger partial charge >= 0.3 is 0 Å². The zero-order valence-corrected chi connectivity index (χ0v) is 12.0. The highest BCUT2D eigenvalue weighted by molar-refractivity contribution is 5.06. The lowest BCUT2D eigenvalue weighted by molar-refractivity contribution is 0.0996. The fourth-order valence-corrected chi connectivity index (χ4v) is 2.97. The standard InChI is InChI=1S/C14H23N3O2/c1-14(2,3)15-7-6-12-16-13(17-19-12)10-8-9-4-5-11(10)18-9/h9-11,15H,4-8H2,1-3H3. The van der Waals surface area contributed by atoms with E-state index >= 15 is 0 Å². The monoisotopic (exact) mass is 265 g/mol. The molecule has 0 aliphatic carbocycles. The molecule has 1 aromatic heterocycles. The van der Waals surface area contributed by atoms with Gasteiger partial charge in [0.2, 0.25) is 5.89 Å². The molecule has 3 rings (SSSR count). The van der Waals surface area contributed by atoms with Gasteiger partial charge in [0.25, 0.3) is 0 Å². The van der Waals surface area contributed by atoms with Crippen LogP contribution in [0.4, 0.5) is 0 Å². The lowest BCUT2D eigenvalue weighted by atomic mass is 9.89. The Kier molecular flexibility index (Phi) is 3.35. The molecule has 0 aromatic carbocycles. The molecule has 19 heavy (non-hydrogen) atoms. The van der Waals surface area contributed by atoms with Gasteiger partial charge in [0.1, 0.15) is 0 Å². The maximum absolute atomic E-state index is 5.84. The molecule has 3 atom stereocenters. The van der Waals surface area contributed by atoms with Crippen LogP contribution in [0.5, 0.6) is 0 Å². The van der Waals surface area contributed by atoms with Crippen LogP contribution in [-0.2, 0) is 11.2 Å². The minimum Gasteiger partial charge on any atom is -0.374 e. The molecular weight excluding hydrogens is 242 g/mol. The first-order valence-electron chi connectivity index (χ1n) is 7.24. The van der Waals surface area contributed by atoms with E-state index in [2.05, 4.69) is 36.2 Å². The van der Waals surface area contributed by atoms with E-state index in [1.54, 1.807) is 0 Å². The van der Waals surface area contributed by atoms with Crippen molar-refractivity contribution in [2.45, 2.75) is 70.1 Å². The first kappa shape index (κ1) is 13.1. The Labute approximate surface area is 114 Å². The molecule has 1 aromatic rings. The van der Waals surface area contributed by atoms with E-state index in [9.17, 15) is 0 Å². The van der Waals surface area contributed by atoms with Crippen LogP contribution in [-0.4, -0.2) is 34.4 Å². The number of hydrogen-bond acceptors (Lipinski definition) is 5. The predicted octanol–water partition coefficient (Wildman–Crippen LogP) is 2.04. The van der Waals surface area contributed by atoms with Gasteiger partial charge in [-0.25, -0.2) is 0 Å². The van der Waals surface area contributed by atoms with Gasteiger partial charge in [0, 0.05) is 18.5 Å². The van der Waals surface area contributed by atoms with Crippen molar-refractivity contribution in [1.29, 1.82) is 0 Å². The largest absolute Gasteiger partial charge is 0.374 e. The molecule has 2 aliphatic heterocycles. The van der Waals surface area contributed by atoms with Crippen molar-refractivity contribution < 1.29 is 9.26 Å². The fraction of sp³-hybridized carbons (Fsp3) is 0.857. The molecule has 1 N–H and O–H groups in total. The van der Waals surface area contributed by atoms with Crippen molar-refractivity contribution in [2.75, 3.05) is 6.54 Å². The summed E-state index contributed by atoms with van der Waals surface area (Å²) in [7, 11) is 0. The minimum absolute atomic E-state index is 0.126. The van der Waals surface area contributed by atoms with E-state index < -0.39 is 0 Å². The molecule has 3 unspecified atom stereocenters. The maximum atomic E-state index is 5.84. The summed E-state index contributed by atoms with van der Waals surface area (Å²) in [5, 5.41) is 7.56. The van der Waals surface area contributed by atoms with E-state index in [1.807, 2.05) is 0 Å². The maximum Gasteiger partial charge on any atom is 0.227 e. The zero-order valence-electron chi connectivity index (χ0n) is 12.0. The van der Waals surface area contributed by atoms with Crippen molar-refractivity contribution in [3.05, 3.63) is 11.7 Å². The highest BCUT2D eigenvalue weighted by Crippen LogP contribution is 2.43. The average Bonchev–Trinajstić information content (AvgIpc) is 3.02. The van der Waals surface area contributed by atoms with E-state index in [4.69, 9.17) is 9.26 Å². The second-order valence-electron chi connectivity index (χ2n) is 6.69. The Balaban J connectivity index is 1.55. The number of nitrogens with one attached hydrogen (secondary N) is 1. The van der Waals surface area contributed by atoms with E-state index in [0.717, 1.165) is 37.5 Å². The lowest BCUT2D eigenvalue weighted by Crippen LogP contribution is -2.37. The number of fused-ring (bicyclic) bond motifs is 2. The van der Waals surface area contributed by atoms with Crippen molar-refractivity contribution in [2.24, 2.45) is 0 Å². The summed E-state index contributed by atoms with van der Waals surface area (Å²) in [6.45, 7) is 7.31. The molecule has 2 fully saturated rings. The molecule has 0 radical (unpaired) electrons. The van der Waals surface area contributed by atoms with Crippen LogP contribution in [0.15, 0.2) is 4.52 Å². The van der Waals surface area contributed by atoms with Gasteiger partial charge in [-0.05, 0) is 40.0 Å². The molecule has 0 amide bonds. The van der Waals surface area contributed by atoms with Crippen LogP contribution in [0.2, 0.25) is 0 Å². The first-order valence-corrected chi connectivity index (χ1v) is 7.24. The van der Waals surface area contributed by atoms with E-state index in [1.165, 1.54) is 6.42 Å². The van der Waals surface area contributed by atoms with Gasteiger partial charge in [-0.1, -0.05) is 5.16 Å². The lowest BCUT2D eigenvalue weighted by Gasteiger charge is -2.19. The summed E-state index contributed by atoms with van der Waals surface area (Å²) in [5.74, 6) is 1.93. The Hall–Kier alpha value is -0.940. The Morgan fingerprint density at radius 2 is 2.16 bits per heavy atom. The van der Waals surface area contributed by atoms with Gasteiger partial charge in [0.15, 0.2) is 5.82 Å². The summed E-state index contributed by atoms with van der Waals surface area (Å²) >= 11 is 0. The van der Waals surface area contributed by atoms with Crippen LogP contribution < -0.4 is 5.32 Å². The fourth-order valence-electron chi connectivity index (χ4n) is 2.97. The zero-order chi connectivity index (χ0) is 13.5. The average molecular weight is 265 g/mol. The SMILES string of the molecule is CC(C)(C)NCCc1nc(C2CC3CCC2O3)no1. The summed E-state index contributed by atoms with van der Waals surface area (Å²) < 4.78 is 11.2. The minimum atomic E-state index is 0.126. The van der Waals surface area contributed by atoms with Crippen molar-refractivity contribution in [1.82, 2.24) is 15.5 Å². The second kappa shape index (κ2) is 4.87. The van der Waals surface area contributed by atoms with Gasteiger partial charge < -0.3 is 14.6 Å². The van der Waals surface area contributed by atoms with Gasteiger partial charge in [-0.15, -0.1) is 0 Å². The van der Waals surface area contributed by atoms with Gasteiger partial charge in [-0.3, -0.25) is 0 Å². The molecule has 0 spiro atoms. The molecule has 0 saturated carbocycles. The van der Waals surface area contributed by atoms with Crippen LogP contribution in [0.1, 0.15) is 57.7 Å². The Morgan fingerprint density at radius 3 is 2.79 bits per heavy atom. The van der Waals surface area contributed by atoms with Crippen molar-refractivity contribution in [3.63, 3.8) is 0 Å². The number of aromatic nitrogens is 2. The highest BCUT2D eigenvalue weighted by Gasteiger charge is 2.43. The number of nitrogens with zero attached hydrogens (tertiary/aromatic N) is 2. The topological polar surface area (TPSA) is 60.2 Å². The van der Waals surface area contributed by atoms with Crippen LogP contribution in [0.25, 0.3) is 0 Å². The normalized spacial score (nSPS) is 30.2. The number of rotatable bonds is 4. The molecular formula is C14H23N3O2. The van der Waals surface area contributed by atoms with E-state index in [0.29, 0.717) is 18.1 Å². The van der Waals surface area contributed by atoms with Gasteiger partial charge in [0.05, 0.1) is 18.1 Å². The third-order valence-electron chi connectivity index (χ3n) is 3.92. The first-order chi connectivity index (χ1) is 9.01. The Morgan fingerprint density at radius 1 is 1.32 bits per heavy atom. The molecule has 2 bridgehead atoms.